The summed E-state index contributed by atoms with van der Waals surface area (Å²) in [5.74, 6) is 0. The maximum Gasteiger partial charge on any atom is 0.247 e. The van der Waals surface area contributed by atoms with E-state index in [2.05, 4.69) is 178 Å². The van der Waals surface area contributed by atoms with E-state index in [9.17, 15) is 0 Å². The van der Waals surface area contributed by atoms with Crippen molar-refractivity contribution in [1.82, 2.24) is 0 Å². The van der Waals surface area contributed by atoms with Crippen molar-refractivity contribution in [2.45, 2.75) is 40.0 Å². The van der Waals surface area contributed by atoms with Crippen molar-refractivity contribution in [3.63, 3.8) is 0 Å². The molecule has 0 aliphatic carbocycles. The molecule has 3 nitrogen and oxygen atoms in total. The Hall–Kier alpha value is -6.00. The molecule has 0 radical (unpaired) electrons. The van der Waals surface area contributed by atoms with Crippen molar-refractivity contribution in [3.8, 4) is 0 Å². The minimum atomic E-state index is -0.245. The third-order valence-corrected chi connectivity index (χ3v) is 11.5. The van der Waals surface area contributed by atoms with Gasteiger partial charge >= 0.3 is 0 Å². The summed E-state index contributed by atoms with van der Waals surface area (Å²) < 4.78 is 6.24. The molecule has 0 bridgehead atoms. The van der Waals surface area contributed by atoms with E-state index in [0.717, 1.165) is 39.0 Å². The molecule has 1 aromatic heterocycles. The fourth-order valence-corrected chi connectivity index (χ4v) is 9.21. The molecule has 8 aromatic rings. The van der Waals surface area contributed by atoms with Crippen LogP contribution in [0.1, 0.15) is 41.7 Å². The van der Waals surface area contributed by atoms with Crippen LogP contribution in [0, 0.1) is 20.8 Å². The van der Waals surface area contributed by atoms with Gasteiger partial charge in [0.1, 0.15) is 11.2 Å². The molecule has 52 heavy (non-hydrogen) atoms. The van der Waals surface area contributed by atoms with Crippen molar-refractivity contribution in [3.05, 3.63) is 173 Å². The van der Waals surface area contributed by atoms with E-state index in [0.29, 0.717) is 0 Å². The number of para-hydroxylation sites is 2. The summed E-state index contributed by atoms with van der Waals surface area (Å²) in [6.07, 6.45) is 0. The highest BCUT2D eigenvalue weighted by Gasteiger charge is 2.46. The maximum atomic E-state index is 6.24. The second kappa shape index (κ2) is 11.3. The van der Waals surface area contributed by atoms with Gasteiger partial charge in [0.05, 0.1) is 0 Å². The number of hydrogen-bond donors (Lipinski definition) is 0. The second-order valence-corrected chi connectivity index (χ2v) is 15.2. The minimum Gasteiger partial charge on any atom is -0.456 e. The molecular weight excluding hydrogens is 631 g/mol. The summed E-state index contributed by atoms with van der Waals surface area (Å²) in [5, 5.41) is 2.25. The van der Waals surface area contributed by atoms with Crippen LogP contribution in [0.4, 0.5) is 34.1 Å². The summed E-state index contributed by atoms with van der Waals surface area (Å²) in [4.78, 5) is 4.89. The Morgan fingerprint density at radius 3 is 2.08 bits per heavy atom. The number of furan rings is 1. The monoisotopic (exact) mass is 670 g/mol. The fourth-order valence-electron chi connectivity index (χ4n) is 9.21. The topological polar surface area (TPSA) is 19.6 Å². The van der Waals surface area contributed by atoms with E-state index in [1.54, 1.807) is 0 Å². The smallest absolute Gasteiger partial charge is 0.247 e. The number of fused-ring (bicyclic) bond motifs is 7. The summed E-state index contributed by atoms with van der Waals surface area (Å²) in [6, 6.07) is 53.5. The Bertz CT molecular complexity index is 2710. The predicted molar refractivity (Wildman–Crippen MR) is 221 cm³/mol. The number of nitrogens with zero attached hydrogens (tertiary/aromatic N) is 2. The summed E-state index contributed by atoms with van der Waals surface area (Å²) in [5.41, 5.74) is 19.5. The summed E-state index contributed by atoms with van der Waals surface area (Å²) in [7, 11) is 0. The molecule has 0 fully saturated rings. The lowest BCUT2D eigenvalue weighted by Crippen LogP contribution is -2.64. The van der Waals surface area contributed by atoms with Gasteiger partial charge in [0, 0.05) is 50.3 Å². The summed E-state index contributed by atoms with van der Waals surface area (Å²) >= 11 is 0. The molecular formula is C48H39BN2O. The fraction of sp³-hybridized carbons (Fsp3) is 0.125. The first kappa shape index (κ1) is 30.8. The SMILES string of the molecule is Cc1ccc(N2c3ccc(C)cc3B3c4ccc(N(c5ccccc5)c5ccc6oc7ccccc7c6c5)cc4C(C)(C)c4c(C)ccc2c43)cc1. The lowest BCUT2D eigenvalue weighted by molar-refractivity contribution is 0.641. The molecule has 0 atom stereocenters. The van der Waals surface area contributed by atoms with Crippen LogP contribution >= 0.6 is 0 Å². The third kappa shape index (κ3) is 4.47. The number of anilines is 6. The van der Waals surface area contributed by atoms with Crippen LogP contribution in [-0.4, -0.2) is 6.71 Å². The molecule has 2 aliphatic heterocycles. The Morgan fingerprint density at radius 2 is 1.25 bits per heavy atom. The van der Waals surface area contributed by atoms with Crippen molar-refractivity contribution < 1.29 is 4.42 Å². The molecule has 0 amide bonds. The van der Waals surface area contributed by atoms with Crippen LogP contribution < -0.4 is 26.2 Å². The van der Waals surface area contributed by atoms with E-state index >= 15 is 0 Å². The van der Waals surface area contributed by atoms with Gasteiger partial charge in [0.15, 0.2) is 0 Å². The molecule has 0 spiro atoms. The molecule has 250 valence electrons. The van der Waals surface area contributed by atoms with E-state index in [-0.39, 0.29) is 12.1 Å². The molecule has 0 saturated carbocycles. The van der Waals surface area contributed by atoms with Crippen LogP contribution in [0.5, 0.6) is 0 Å². The molecule has 7 aromatic carbocycles. The van der Waals surface area contributed by atoms with E-state index < -0.39 is 0 Å². The molecule has 2 aliphatic rings. The average Bonchev–Trinajstić information content (AvgIpc) is 3.53. The van der Waals surface area contributed by atoms with Gasteiger partial charge in [-0.15, -0.1) is 0 Å². The molecule has 4 heteroatoms. The number of benzene rings is 7. The van der Waals surface area contributed by atoms with Gasteiger partial charge in [-0.2, -0.15) is 0 Å². The third-order valence-electron chi connectivity index (χ3n) is 11.5. The number of rotatable bonds is 4. The lowest BCUT2D eigenvalue weighted by Gasteiger charge is -2.46. The summed E-state index contributed by atoms with van der Waals surface area (Å²) in [6.45, 7) is 11.6. The first-order valence-electron chi connectivity index (χ1n) is 18.3. The zero-order valence-electron chi connectivity index (χ0n) is 30.2. The van der Waals surface area contributed by atoms with E-state index in [4.69, 9.17) is 4.42 Å². The predicted octanol–water partition coefficient (Wildman–Crippen LogP) is 10.9. The van der Waals surface area contributed by atoms with Gasteiger partial charge in [-0.3, -0.25) is 0 Å². The molecule has 0 N–H and O–H groups in total. The first-order valence-corrected chi connectivity index (χ1v) is 18.3. The largest absolute Gasteiger partial charge is 0.456 e. The van der Waals surface area contributed by atoms with E-state index in [1.165, 1.54) is 61.3 Å². The average molecular weight is 671 g/mol. The first-order chi connectivity index (χ1) is 25.3. The van der Waals surface area contributed by atoms with Gasteiger partial charge < -0.3 is 14.2 Å². The van der Waals surface area contributed by atoms with Gasteiger partial charge in [0.2, 0.25) is 6.71 Å². The van der Waals surface area contributed by atoms with Crippen LogP contribution in [0.15, 0.2) is 150 Å². The van der Waals surface area contributed by atoms with Gasteiger partial charge in [0.25, 0.3) is 0 Å². The van der Waals surface area contributed by atoms with Crippen LogP contribution in [-0.2, 0) is 5.41 Å². The number of aryl methyl sites for hydroxylation is 3. The Balaban J connectivity index is 1.20. The van der Waals surface area contributed by atoms with Gasteiger partial charge in [-0.25, -0.2) is 0 Å². The van der Waals surface area contributed by atoms with Crippen LogP contribution in [0.2, 0.25) is 0 Å². The molecule has 0 unspecified atom stereocenters. The maximum absolute atomic E-state index is 6.24. The standard InChI is InChI=1S/C48H39BN2O/c1-30-15-19-34(20-16-30)51-42-24-17-31(2)27-41(42)49-40-23-21-36(29-39(40)48(4,5)46-32(3)18-25-43(51)47(46)49)50(33-11-7-6-8-12-33)35-22-26-45-38(28-35)37-13-9-10-14-44(37)52-45/h6-29H,1-5H3. The van der Waals surface area contributed by atoms with Gasteiger partial charge in [-0.05, 0) is 121 Å². The van der Waals surface area contributed by atoms with Crippen molar-refractivity contribution >= 4 is 79.2 Å². The van der Waals surface area contributed by atoms with E-state index in [1.807, 2.05) is 12.1 Å². The zero-order valence-corrected chi connectivity index (χ0v) is 30.2. The molecule has 0 saturated heterocycles. The Kier molecular flexibility index (Phi) is 6.66. The van der Waals surface area contributed by atoms with Crippen molar-refractivity contribution in [1.29, 1.82) is 0 Å². The molecule has 3 heterocycles. The Morgan fingerprint density at radius 1 is 0.558 bits per heavy atom. The highest BCUT2D eigenvalue weighted by atomic mass is 16.3. The highest BCUT2D eigenvalue weighted by Crippen LogP contribution is 2.46. The van der Waals surface area contributed by atoms with Gasteiger partial charge in [-0.1, -0.05) is 103 Å². The molecule has 10 rings (SSSR count). The van der Waals surface area contributed by atoms with Crippen molar-refractivity contribution in [2.75, 3.05) is 9.80 Å². The minimum absolute atomic E-state index is 0.123. The van der Waals surface area contributed by atoms with Crippen molar-refractivity contribution in [2.24, 2.45) is 0 Å². The van der Waals surface area contributed by atoms with Crippen LogP contribution in [0.25, 0.3) is 21.9 Å². The lowest BCUT2D eigenvalue weighted by atomic mass is 9.30. The normalized spacial score (nSPS) is 13.9. The van der Waals surface area contributed by atoms with Crippen LogP contribution in [0.3, 0.4) is 0 Å². The Labute approximate surface area is 305 Å². The second-order valence-electron chi connectivity index (χ2n) is 15.2. The number of hydrogen-bond acceptors (Lipinski definition) is 3. The quantitative estimate of drug-likeness (QED) is 0.174. The zero-order chi connectivity index (χ0) is 35.3. The highest BCUT2D eigenvalue weighted by molar-refractivity contribution is 6.99.